The van der Waals surface area contributed by atoms with E-state index in [-0.39, 0.29) is 17.2 Å². The van der Waals surface area contributed by atoms with Crippen molar-refractivity contribution < 1.29 is 4.79 Å². The highest BCUT2D eigenvalue weighted by molar-refractivity contribution is 7.17. The minimum Gasteiger partial charge on any atom is -0.317 e. The predicted molar refractivity (Wildman–Crippen MR) is 94.6 cm³/mol. The third-order valence-electron chi connectivity index (χ3n) is 5.60. The van der Waals surface area contributed by atoms with Crippen LogP contribution in [0.4, 0.5) is 5.00 Å². The molecule has 1 atom stereocenters. The number of hydrogen-bond donors (Lipinski definition) is 1. The topological polar surface area (TPSA) is 52.9 Å². The fraction of sp³-hybridized carbons (Fsp3) is 0.684. The fourth-order valence-corrected chi connectivity index (χ4v) is 5.06. The van der Waals surface area contributed by atoms with Gasteiger partial charge in [-0.1, -0.05) is 33.6 Å². The molecule has 1 unspecified atom stereocenters. The second kappa shape index (κ2) is 6.28. The van der Waals surface area contributed by atoms with Gasteiger partial charge >= 0.3 is 0 Å². The molecule has 1 aromatic heterocycles. The average molecular weight is 330 g/mol. The molecule has 1 amide bonds. The summed E-state index contributed by atoms with van der Waals surface area (Å²) >= 11 is 1.48. The molecule has 124 valence electrons. The van der Waals surface area contributed by atoms with Gasteiger partial charge in [0, 0.05) is 5.92 Å². The van der Waals surface area contributed by atoms with Crippen LogP contribution in [0.15, 0.2) is 0 Å². The van der Waals surface area contributed by atoms with Crippen molar-refractivity contribution in [2.24, 2.45) is 17.3 Å². The molecule has 2 aliphatic carbocycles. The quantitative estimate of drug-likeness (QED) is 0.838. The van der Waals surface area contributed by atoms with Crippen LogP contribution >= 0.6 is 11.3 Å². The summed E-state index contributed by atoms with van der Waals surface area (Å²) in [6.45, 7) is 6.87. The zero-order chi connectivity index (χ0) is 16.6. The van der Waals surface area contributed by atoms with E-state index >= 15 is 0 Å². The molecule has 1 aromatic rings. The Morgan fingerprint density at radius 2 is 1.91 bits per heavy atom. The maximum atomic E-state index is 12.5. The SMILES string of the molecule is CC(C)(C)C1CCc2c(C#N)sc(NC(=O)C3CCCC3)c2C1. The zero-order valence-corrected chi connectivity index (χ0v) is 15.2. The Bertz CT molecular complexity index is 642. The van der Waals surface area contributed by atoms with Crippen molar-refractivity contribution in [2.75, 3.05) is 5.32 Å². The van der Waals surface area contributed by atoms with Crippen molar-refractivity contribution in [1.29, 1.82) is 5.26 Å². The summed E-state index contributed by atoms with van der Waals surface area (Å²) < 4.78 is 0. The van der Waals surface area contributed by atoms with Gasteiger partial charge in [0.05, 0.1) is 5.00 Å². The highest BCUT2D eigenvalue weighted by Gasteiger charge is 2.33. The number of fused-ring (bicyclic) bond motifs is 1. The number of amides is 1. The van der Waals surface area contributed by atoms with Crippen LogP contribution in [-0.4, -0.2) is 5.91 Å². The number of anilines is 1. The van der Waals surface area contributed by atoms with Crippen molar-refractivity contribution in [3.8, 4) is 6.07 Å². The van der Waals surface area contributed by atoms with Crippen molar-refractivity contribution in [1.82, 2.24) is 0 Å². The first-order valence-electron chi connectivity index (χ1n) is 8.75. The Hall–Kier alpha value is -1.34. The Morgan fingerprint density at radius 1 is 1.22 bits per heavy atom. The average Bonchev–Trinajstić information content (AvgIpc) is 3.14. The molecule has 23 heavy (non-hydrogen) atoms. The molecule has 2 aliphatic rings. The van der Waals surface area contributed by atoms with Gasteiger partial charge in [0.15, 0.2) is 0 Å². The molecule has 1 saturated carbocycles. The van der Waals surface area contributed by atoms with Crippen molar-refractivity contribution in [3.05, 3.63) is 16.0 Å². The molecule has 3 nitrogen and oxygen atoms in total. The van der Waals surface area contributed by atoms with E-state index in [0.29, 0.717) is 5.92 Å². The van der Waals surface area contributed by atoms with Gasteiger partial charge < -0.3 is 5.32 Å². The highest BCUT2D eigenvalue weighted by Crippen LogP contribution is 2.44. The van der Waals surface area contributed by atoms with Crippen LogP contribution in [-0.2, 0) is 17.6 Å². The van der Waals surface area contributed by atoms with E-state index in [1.54, 1.807) is 0 Å². The third-order valence-corrected chi connectivity index (χ3v) is 6.69. The number of carbonyl (C=O) groups excluding carboxylic acids is 1. The van der Waals surface area contributed by atoms with Crippen LogP contribution in [0.3, 0.4) is 0 Å². The summed E-state index contributed by atoms with van der Waals surface area (Å²) in [5.74, 6) is 0.937. The minimum absolute atomic E-state index is 0.161. The van der Waals surface area contributed by atoms with Crippen LogP contribution in [0.5, 0.6) is 0 Å². The fourth-order valence-electron chi connectivity index (χ4n) is 3.98. The molecule has 0 aliphatic heterocycles. The van der Waals surface area contributed by atoms with Crippen molar-refractivity contribution in [2.45, 2.75) is 65.7 Å². The first-order valence-corrected chi connectivity index (χ1v) is 9.57. The third kappa shape index (κ3) is 3.30. The van der Waals surface area contributed by atoms with Crippen molar-refractivity contribution in [3.63, 3.8) is 0 Å². The lowest BCUT2D eigenvalue weighted by molar-refractivity contribution is -0.119. The van der Waals surface area contributed by atoms with E-state index in [0.717, 1.165) is 54.8 Å². The Balaban J connectivity index is 1.85. The summed E-state index contributed by atoms with van der Waals surface area (Å²) in [6, 6.07) is 2.34. The summed E-state index contributed by atoms with van der Waals surface area (Å²) in [5.41, 5.74) is 2.70. The molecule has 1 fully saturated rings. The molecular weight excluding hydrogens is 304 g/mol. The number of thiophene rings is 1. The molecule has 4 heteroatoms. The first kappa shape index (κ1) is 16.5. The van der Waals surface area contributed by atoms with E-state index in [1.807, 2.05) is 0 Å². The number of nitrogens with one attached hydrogen (secondary N) is 1. The highest BCUT2D eigenvalue weighted by atomic mass is 32.1. The molecule has 1 N–H and O–H groups in total. The standard InChI is InChI=1S/C19H26N2OS/c1-19(2,3)13-8-9-14-15(10-13)18(23-16(14)11-20)21-17(22)12-6-4-5-7-12/h12-13H,4-10H2,1-3H3,(H,21,22). The summed E-state index contributed by atoms with van der Waals surface area (Å²) in [6.07, 6.45) is 7.43. The molecule has 0 bridgehead atoms. The summed E-state index contributed by atoms with van der Waals surface area (Å²) in [7, 11) is 0. The number of nitrogens with zero attached hydrogens (tertiary/aromatic N) is 1. The number of carbonyl (C=O) groups is 1. The Labute approximate surface area is 143 Å². The predicted octanol–water partition coefficient (Wildman–Crippen LogP) is 4.90. The minimum atomic E-state index is 0.161. The van der Waals surface area contributed by atoms with E-state index in [9.17, 15) is 10.1 Å². The first-order chi connectivity index (χ1) is 10.9. The molecule has 0 radical (unpaired) electrons. The molecule has 1 heterocycles. The van der Waals surface area contributed by atoms with Crippen molar-refractivity contribution >= 4 is 22.2 Å². The lowest BCUT2D eigenvalue weighted by Crippen LogP contribution is -2.27. The number of hydrogen-bond acceptors (Lipinski definition) is 3. The van der Waals surface area contributed by atoms with Gasteiger partial charge in [-0.15, -0.1) is 11.3 Å². The van der Waals surface area contributed by atoms with Crippen LogP contribution in [0.25, 0.3) is 0 Å². The number of nitriles is 1. The molecule has 0 saturated heterocycles. The lowest BCUT2D eigenvalue weighted by Gasteiger charge is -2.34. The maximum Gasteiger partial charge on any atom is 0.228 e. The van der Waals surface area contributed by atoms with Gasteiger partial charge in [-0.05, 0) is 54.6 Å². The second-order valence-electron chi connectivity index (χ2n) is 8.11. The molecule has 0 aromatic carbocycles. The largest absolute Gasteiger partial charge is 0.317 e. The van der Waals surface area contributed by atoms with E-state index in [4.69, 9.17) is 0 Å². The maximum absolute atomic E-state index is 12.5. The Morgan fingerprint density at radius 3 is 2.52 bits per heavy atom. The van der Waals surface area contributed by atoms with Crippen LogP contribution in [0, 0.1) is 28.6 Å². The normalized spacial score (nSPS) is 21.7. The second-order valence-corrected chi connectivity index (χ2v) is 9.13. The summed E-state index contributed by atoms with van der Waals surface area (Å²) in [4.78, 5) is 13.3. The van der Waals surface area contributed by atoms with Gasteiger partial charge in [-0.2, -0.15) is 5.26 Å². The van der Waals surface area contributed by atoms with Crippen LogP contribution in [0.2, 0.25) is 0 Å². The summed E-state index contributed by atoms with van der Waals surface area (Å²) in [5, 5.41) is 13.5. The lowest BCUT2D eigenvalue weighted by atomic mass is 9.71. The van der Waals surface area contributed by atoms with Gasteiger partial charge in [0.1, 0.15) is 10.9 Å². The van der Waals surface area contributed by atoms with E-state index in [2.05, 4.69) is 32.2 Å². The van der Waals surface area contributed by atoms with Crippen LogP contribution < -0.4 is 5.32 Å². The molecular formula is C19H26N2OS. The van der Waals surface area contributed by atoms with Crippen LogP contribution in [0.1, 0.15) is 68.9 Å². The smallest absolute Gasteiger partial charge is 0.228 e. The monoisotopic (exact) mass is 330 g/mol. The Kier molecular flexibility index (Phi) is 4.51. The van der Waals surface area contributed by atoms with Gasteiger partial charge in [0.2, 0.25) is 5.91 Å². The van der Waals surface area contributed by atoms with Gasteiger partial charge in [0.25, 0.3) is 0 Å². The van der Waals surface area contributed by atoms with E-state index < -0.39 is 0 Å². The van der Waals surface area contributed by atoms with Gasteiger partial charge in [-0.25, -0.2) is 0 Å². The van der Waals surface area contributed by atoms with Gasteiger partial charge in [-0.3, -0.25) is 4.79 Å². The van der Waals surface area contributed by atoms with E-state index in [1.165, 1.54) is 22.5 Å². The zero-order valence-electron chi connectivity index (χ0n) is 14.4. The molecule has 3 rings (SSSR count). The number of rotatable bonds is 2. The molecule has 0 spiro atoms.